The maximum absolute atomic E-state index is 10.7. The quantitative estimate of drug-likeness (QED) is 0.459. The van der Waals surface area contributed by atoms with Crippen LogP contribution < -0.4 is 16.3 Å². The summed E-state index contributed by atoms with van der Waals surface area (Å²) in [5.74, 6) is 1.40. The van der Waals surface area contributed by atoms with Gasteiger partial charge in [0, 0.05) is 0 Å². The average molecular weight is 494 g/mol. The van der Waals surface area contributed by atoms with E-state index in [0.717, 1.165) is 12.8 Å². The summed E-state index contributed by atoms with van der Waals surface area (Å²) < 4.78 is 15.9. The van der Waals surface area contributed by atoms with Crippen LogP contribution in [0.2, 0.25) is 0 Å². The number of hydrogen-bond acceptors (Lipinski definition) is 4. The molecule has 7 heteroatoms. The number of carbonyl (C=O) groups is 2. The zero-order valence-corrected chi connectivity index (χ0v) is 19.2. The third-order valence-corrected chi connectivity index (χ3v) is 13.6. The average Bonchev–Trinajstić information content (AvgIpc) is 3.51. The third-order valence-electron chi connectivity index (χ3n) is 5.07. The third kappa shape index (κ3) is 4.78. The second-order valence-corrected chi connectivity index (χ2v) is 14.2. The first-order valence-corrected chi connectivity index (χ1v) is 14.4. The van der Waals surface area contributed by atoms with E-state index in [1.165, 1.54) is 6.56 Å². The first kappa shape index (κ1) is 21.1. The molecule has 6 nitrogen and oxygen atoms in total. The van der Waals surface area contributed by atoms with Crippen molar-refractivity contribution in [2.45, 2.75) is 12.8 Å². The number of carbonyl (C=O) groups excluding carboxylic acids is 2. The second-order valence-electron chi connectivity index (χ2n) is 7.04. The number of amides is 2. The molecule has 2 amide bonds. The van der Waals surface area contributed by atoms with Crippen LogP contribution in [-0.4, -0.2) is 12.8 Å². The minimum atomic E-state index is -4.06. The van der Waals surface area contributed by atoms with E-state index in [1.54, 1.807) is 0 Å². The fourth-order valence-corrected chi connectivity index (χ4v) is 11.7. The first-order valence-electron chi connectivity index (χ1n) is 9.94. The van der Waals surface area contributed by atoms with Crippen LogP contribution >= 0.6 is 0 Å². The minimum absolute atomic E-state index is 0.648. The Balaban J connectivity index is 1.71. The summed E-state index contributed by atoms with van der Waals surface area (Å²) in [6, 6.07) is 14.6. The Morgan fingerprint density at radius 1 is 0.677 bits per heavy atom. The standard InChI is InChI=1S/2C7H7NO2.2C5H5.Zr/c2*9-5-8-6-1-3-7(10)4-2-6;2*1-2-4-5-3-1;/h2*1-5,10H,(H,8,9);2*1-3H,4H2;/q;;;;+2/p-2. The molecule has 0 radical (unpaired) electrons. The maximum atomic E-state index is 10.7. The van der Waals surface area contributed by atoms with Gasteiger partial charge in [-0.1, -0.05) is 0 Å². The fraction of sp³-hybridized carbons (Fsp3) is 0.0833. The van der Waals surface area contributed by atoms with Gasteiger partial charge in [-0.15, -0.1) is 0 Å². The van der Waals surface area contributed by atoms with Crippen LogP contribution in [0.3, 0.4) is 0 Å². The summed E-state index contributed by atoms with van der Waals surface area (Å²) in [5.41, 5.74) is 1.40. The van der Waals surface area contributed by atoms with Crippen molar-refractivity contribution in [1.82, 2.24) is 0 Å². The molecule has 0 atom stereocenters. The molecular weight excluding hydrogens is 471 g/mol. The summed E-state index contributed by atoms with van der Waals surface area (Å²) in [4.78, 5) is 21.4. The SMILES string of the molecule is O=CNc1ccc([O][Zr]([O]c2ccc(NC=O)cc2)([C]2=CC=CC2)[C]2=CC=CC2)cc1. The van der Waals surface area contributed by atoms with Gasteiger partial charge in [0.15, 0.2) is 0 Å². The molecule has 2 aromatic carbocycles. The van der Waals surface area contributed by atoms with Crippen molar-refractivity contribution in [3.8, 4) is 11.5 Å². The molecule has 0 fully saturated rings. The van der Waals surface area contributed by atoms with Crippen LogP contribution in [0.25, 0.3) is 0 Å². The van der Waals surface area contributed by atoms with E-state index in [-0.39, 0.29) is 0 Å². The molecule has 2 aliphatic rings. The molecule has 0 saturated heterocycles. The van der Waals surface area contributed by atoms with Gasteiger partial charge in [0.2, 0.25) is 0 Å². The number of anilines is 2. The van der Waals surface area contributed by atoms with Gasteiger partial charge < -0.3 is 0 Å². The van der Waals surface area contributed by atoms with E-state index >= 15 is 0 Å². The monoisotopic (exact) mass is 492 g/mol. The topological polar surface area (TPSA) is 76.7 Å². The molecule has 156 valence electrons. The molecule has 0 aliphatic heterocycles. The van der Waals surface area contributed by atoms with Crippen LogP contribution in [-0.2, 0) is 30.7 Å². The molecule has 0 heterocycles. The van der Waals surface area contributed by atoms with Crippen LogP contribution in [0.5, 0.6) is 11.5 Å². The number of hydrogen-bond donors (Lipinski definition) is 2. The van der Waals surface area contributed by atoms with Gasteiger partial charge in [-0.25, -0.2) is 0 Å². The van der Waals surface area contributed by atoms with Crippen LogP contribution in [0, 0.1) is 0 Å². The Morgan fingerprint density at radius 3 is 1.42 bits per heavy atom. The predicted octanol–water partition coefficient (Wildman–Crippen LogP) is 4.95. The van der Waals surface area contributed by atoms with Crippen molar-refractivity contribution in [3.63, 3.8) is 0 Å². The van der Waals surface area contributed by atoms with Gasteiger partial charge in [-0.2, -0.15) is 0 Å². The summed E-state index contributed by atoms with van der Waals surface area (Å²) in [6.07, 6.45) is 15.4. The normalized spacial score (nSPS) is 14.6. The molecule has 0 spiro atoms. The van der Waals surface area contributed by atoms with Crippen molar-refractivity contribution in [2.24, 2.45) is 0 Å². The second kappa shape index (κ2) is 9.75. The van der Waals surface area contributed by atoms with Crippen molar-refractivity contribution in [2.75, 3.05) is 10.6 Å². The zero-order valence-electron chi connectivity index (χ0n) is 16.8. The van der Waals surface area contributed by atoms with E-state index in [2.05, 4.69) is 34.9 Å². The van der Waals surface area contributed by atoms with Crippen molar-refractivity contribution >= 4 is 24.2 Å². The molecule has 2 N–H and O–H groups in total. The molecule has 4 rings (SSSR count). The van der Waals surface area contributed by atoms with E-state index in [9.17, 15) is 9.59 Å². The van der Waals surface area contributed by atoms with Crippen LogP contribution in [0.4, 0.5) is 11.4 Å². The summed E-state index contributed by atoms with van der Waals surface area (Å²) in [7, 11) is 0. The van der Waals surface area contributed by atoms with Crippen molar-refractivity contribution in [3.05, 3.63) is 91.5 Å². The van der Waals surface area contributed by atoms with Gasteiger partial charge in [0.1, 0.15) is 0 Å². The Labute approximate surface area is 186 Å². The summed E-state index contributed by atoms with van der Waals surface area (Å²) >= 11 is -4.06. The summed E-state index contributed by atoms with van der Waals surface area (Å²) in [6.45, 7) is 0. The van der Waals surface area contributed by atoms with Gasteiger partial charge >= 0.3 is 187 Å². The molecule has 0 bridgehead atoms. The molecule has 0 unspecified atom stereocenters. The van der Waals surface area contributed by atoms with Crippen LogP contribution in [0.1, 0.15) is 12.8 Å². The van der Waals surface area contributed by atoms with E-state index in [4.69, 9.17) is 5.63 Å². The number of rotatable bonds is 10. The Morgan fingerprint density at radius 2 is 1.10 bits per heavy atom. The molecule has 0 aromatic heterocycles. The van der Waals surface area contributed by atoms with Crippen molar-refractivity contribution in [1.29, 1.82) is 0 Å². The molecule has 0 saturated carbocycles. The van der Waals surface area contributed by atoms with Gasteiger partial charge in [-0.05, 0) is 0 Å². The van der Waals surface area contributed by atoms with Gasteiger partial charge in [-0.3, -0.25) is 0 Å². The Kier molecular flexibility index (Phi) is 6.63. The Hall–Kier alpha value is -3.18. The molecule has 31 heavy (non-hydrogen) atoms. The van der Waals surface area contributed by atoms with Crippen LogP contribution in [0.15, 0.2) is 91.5 Å². The zero-order chi connectivity index (χ0) is 21.5. The number of benzene rings is 2. The predicted molar refractivity (Wildman–Crippen MR) is 117 cm³/mol. The molecule has 2 aromatic rings. The fourth-order valence-electron chi connectivity index (χ4n) is 3.58. The molecular formula is C24H22N2O4Zr. The van der Waals surface area contributed by atoms with E-state index in [1.807, 2.05) is 60.7 Å². The molecule has 2 aliphatic carbocycles. The van der Waals surface area contributed by atoms with Gasteiger partial charge in [0.25, 0.3) is 0 Å². The Bertz CT molecular complexity index is 982. The first-order chi connectivity index (χ1) is 15.2. The summed E-state index contributed by atoms with van der Waals surface area (Å²) in [5, 5.41) is 5.28. The van der Waals surface area contributed by atoms with E-state index in [0.29, 0.717) is 35.7 Å². The number of allylic oxidation sites excluding steroid dienone is 8. The number of nitrogens with one attached hydrogen (secondary N) is 2. The van der Waals surface area contributed by atoms with Gasteiger partial charge in [0.05, 0.1) is 0 Å². The van der Waals surface area contributed by atoms with Crippen molar-refractivity contribution < 1.29 is 36.4 Å². The van der Waals surface area contributed by atoms with E-state index < -0.39 is 21.1 Å².